The Kier molecular flexibility index (Phi) is 3.87. The Morgan fingerprint density at radius 3 is 2.56 bits per heavy atom. The first-order valence-corrected chi connectivity index (χ1v) is 4.82. The van der Waals surface area contributed by atoms with Crippen molar-refractivity contribution in [3.63, 3.8) is 0 Å². The number of rotatable bonds is 4. The highest BCUT2D eigenvalue weighted by atomic mass is 16.2. The van der Waals surface area contributed by atoms with E-state index in [0.717, 1.165) is 0 Å². The Bertz CT molecular complexity index is 399. The van der Waals surface area contributed by atoms with Crippen LogP contribution < -0.4 is 16.4 Å². The summed E-state index contributed by atoms with van der Waals surface area (Å²) in [6.45, 7) is 2.16. The number of hydrogen-bond acceptors (Lipinski definition) is 4. The van der Waals surface area contributed by atoms with Crippen LogP contribution >= 0.6 is 0 Å². The predicted molar refractivity (Wildman–Crippen MR) is 58.6 cm³/mol. The number of nitrogens with zero attached hydrogens (tertiary/aromatic N) is 2. The molecular formula is C9H15N5O2. The average Bonchev–Trinajstić information content (AvgIpc) is 2.54. The molecule has 0 saturated carbocycles. The maximum atomic E-state index is 11.6. The van der Waals surface area contributed by atoms with Gasteiger partial charge in [0.15, 0.2) is 0 Å². The molecule has 4 N–H and O–H groups in total. The molecule has 1 aromatic rings. The molecule has 2 amide bonds. The lowest BCUT2D eigenvalue weighted by Crippen LogP contribution is -2.33. The van der Waals surface area contributed by atoms with Crippen molar-refractivity contribution in [1.82, 2.24) is 20.4 Å². The number of aromatic nitrogens is 2. The van der Waals surface area contributed by atoms with E-state index in [-0.39, 0.29) is 11.8 Å². The van der Waals surface area contributed by atoms with E-state index in [1.165, 1.54) is 17.8 Å². The minimum absolute atomic E-state index is 0.129. The fourth-order valence-electron chi connectivity index (χ4n) is 1.13. The molecule has 0 aliphatic heterocycles. The van der Waals surface area contributed by atoms with Crippen LogP contribution in [-0.2, 0) is 11.8 Å². The van der Waals surface area contributed by atoms with Crippen LogP contribution in [0.2, 0.25) is 0 Å². The summed E-state index contributed by atoms with van der Waals surface area (Å²) in [4.78, 5) is 22.1. The Balaban J connectivity index is 2.41. The van der Waals surface area contributed by atoms with Gasteiger partial charge in [-0.05, 0) is 0 Å². The second-order valence-corrected chi connectivity index (χ2v) is 3.31. The topological polar surface area (TPSA) is 102 Å². The Labute approximate surface area is 93.0 Å². The Hall–Kier alpha value is -2.05. The first kappa shape index (κ1) is 12.0. The fraction of sp³-hybridized carbons (Fsp3) is 0.444. The predicted octanol–water partition coefficient (Wildman–Crippen LogP) is -1.13. The lowest BCUT2D eigenvalue weighted by atomic mass is 10.3. The number of anilines is 1. The molecule has 0 radical (unpaired) electrons. The zero-order chi connectivity index (χ0) is 12.1. The van der Waals surface area contributed by atoms with Crippen molar-refractivity contribution >= 4 is 17.6 Å². The number of amides is 2. The molecule has 0 atom stereocenters. The van der Waals surface area contributed by atoms with Crippen LogP contribution in [0.15, 0.2) is 6.20 Å². The number of nitrogens with one attached hydrogen (secondary N) is 2. The Morgan fingerprint density at radius 1 is 1.44 bits per heavy atom. The second-order valence-electron chi connectivity index (χ2n) is 3.31. The largest absolute Gasteiger partial charge is 0.383 e. The van der Waals surface area contributed by atoms with Crippen molar-refractivity contribution in [3.8, 4) is 0 Å². The quantitative estimate of drug-likeness (QED) is 0.564. The smallest absolute Gasteiger partial charge is 0.256 e. The number of aryl methyl sites for hydroxylation is 1. The minimum atomic E-state index is -0.295. The van der Waals surface area contributed by atoms with Crippen LogP contribution in [0.3, 0.4) is 0 Å². The SMILES string of the molecule is CC(=O)NCCNC(=O)c1cnn(C)c1N. The van der Waals surface area contributed by atoms with Crippen LogP contribution in [0, 0.1) is 0 Å². The monoisotopic (exact) mass is 225 g/mol. The molecule has 7 nitrogen and oxygen atoms in total. The first-order chi connectivity index (χ1) is 7.52. The van der Waals surface area contributed by atoms with E-state index in [4.69, 9.17) is 5.73 Å². The van der Waals surface area contributed by atoms with Gasteiger partial charge in [0.2, 0.25) is 5.91 Å². The van der Waals surface area contributed by atoms with Gasteiger partial charge in [-0.25, -0.2) is 0 Å². The molecule has 1 heterocycles. The molecule has 0 aliphatic rings. The van der Waals surface area contributed by atoms with Crippen molar-refractivity contribution in [3.05, 3.63) is 11.8 Å². The molecule has 88 valence electrons. The van der Waals surface area contributed by atoms with Gasteiger partial charge in [-0.15, -0.1) is 0 Å². The van der Waals surface area contributed by atoms with Crippen molar-refractivity contribution in [2.24, 2.45) is 7.05 Å². The molecule has 7 heteroatoms. The highest BCUT2D eigenvalue weighted by Crippen LogP contribution is 2.08. The van der Waals surface area contributed by atoms with Gasteiger partial charge in [0, 0.05) is 27.1 Å². The zero-order valence-corrected chi connectivity index (χ0v) is 9.28. The van der Waals surface area contributed by atoms with Crippen molar-refractivity contribution < 1.29 is 9.59 Å². The summed E-state index contributed by atoms with van der Waals surface area (Å²) in [6.07, 6.45) is 1.41. The van der Waals surface area contributed by atoms with E-state index in [1.54, 1.807) is 7.05 Å². The molecule has 1 aromatic heterocycles. The van der Waals surface area contributed by atoms with Crippen molar-refractivity contribution in [2.75, 3.05) is 18.8 Å². The van der Waals surface area contributed by atoms with Gasteiger partial charge in [-0.1, -0.05) is 0 Å². The molecule has 0 bridgehead atoms. The van der Waals surface area contributed by atoms with Crippen LogP contribution in [0.1, 0.15) is 17.3 Å². The van der Waals surface area contributed by atoms with Gasteiger partial charge >= 0.3 is 0 Å². The van der Waals surface area contributed by atoms with E-state index >= 15 is 0 Å². The number of nitrogens with two attached hydrogens (primary N) is 1. The molecular weight excluding hydrogens is 210 g/mol. The van der Waals surface area contributed by atoms with Crippen LogP contribution in [0.4, 0.5) is 5.82 Å². The Morgan fingerprint density at radius 2 is 2.06 bits per heavy atom. The summed E-state index contributed by atoms with van der Waals surface area (Å²) in [5.41, 5.74) is 5.96. The van der Waals surface area contributed by atoms with Gasteiger partial charge in [0.05, 0.1) is 6.20 Å². The third-order valence-corrected chi connectivity index (χ3v) is 2.01. The lowest BCUT2D eigenvalue weighted by molar-refractivity contribution is -0.118. The van der Waals surface area contributed by atoms with Crippen molar-refractivity contribution in [1.29, 1.82) is 0 Å². The molecule has 0 aliphatic carbocycles. The third-order valence-electron chi connectivity index (χ3n) is 2.01. The summed E-state index contributed by atoms with van der Waals surface area (Å²) in [7, 11) is 1.66. The summed E-state index contributed by atoms with van der Waals surface area (Å²) in [6, 6.07) is 0. The molecule has 0 saturated heterocycles. The van der Waals surface area contributed by atoms with Crippen LogP contribution in [0.25, 0.3) is 0 Å². The first-order valence-electron chi connectivity index (χ1n) is 4.82. The van der Waals surface area contributed by atoms with Crippen molar-refractivity contribution in [2.45, 2.75) is 6.92 Å². The van der Waals surface area contributed by atoms with Gasteiger partial charge < -0.3 is 16.4 Å². The molecule has 0 unspecified atom stereocenters. The van der Waals surface area contributed by atoms with Gasteiger partial charge in [-0.2, -0.15) is 5.10 Å². The maximum Gasteiger partial charge on any atom is 0.256 e. The molecule has 1 rings (SSSR count). The molecule has 0 fully saturated rings. The van der Waals surface area contributed by atoms with Crippen LogP contribution in [-0.4, -0.2) is 34.7 Å². The fourth-order valence-corrected chi connectivity index (χ4v) is 1.13. The van der Waals surface area contributed by atoms with E-state index < -0.39 is 0 Å². The molecule has 0 aromatic carbocycles. The summed E-state index contributed by atoms with van der Waals surface area (Å²) in [5.74, 6) is -0.108. The van der Waals surface area contributed by atoms with Gasteiger partial charge in [0.1, 0.15) is 11.4 Å². The highest BCUT2D eigenvalue weighted by molar-refractivity contribution is 5.98. The number of carbonyl (C=O) groups is 2. The molecule has 16 heavy (non-hydrogen) atoms. The number of carbonyl (C=O) groups excluding carboxylic acids is 2. The lowest BCUT2D eigenvalue weighted by Gasteiger charge is -2.04. The highest BCUT2D eigenvalue weighted by Gasteiger charge is 2.12. The maximum absolute atomic E-state index is 11.6. The van der Waals surface area contributed by atoms with E-state index in [0.29, 0.717) is 24.5 Å². The minimum Gasteiger partial charge on any atom is -0.383 e. The number of nitrogen functional groups attached to an aromatic ring is 1. The van der Waals surface area contributed by atoms with Crippen LogP contribution in [0.5, 0.6) is 0 Å². The zero-order valence-electron chi connectivity index (χ0n) is 9.28. The third kappa shape index (κ3) is 2.97. The standard InChI is InChI=1S/C9H15N5O2/c1-6(15)11-3-4-12-9(16)7-5-13-14(2)8(7)10/h5H,3-4,10H2,1-2H3,(H,11,15)(H,12,16). The number of hydrogen-bond donors (Lipinski definition) is 3. The summed E-state index contributed by atoms with van der Waals surface area (Å²) in [5, 5.41) is 9.04. The summed E-state index contributed by atoms with van der Waals surface area (Å²) >= 11 is 0. The molecule has 0 spiro atoms. The van der Waals surface area contributed by atoms with E-state index in [1.807, 2.05) is 0 Å². The van der Waals surface area contributed by atoms with Gasteiger partial charge in [0.25, 0.3) is 5.91 Å². The summed E-state index contributed by atoms with van der Waals surface area (Å²) < 4.78 is 1.42. The normalized spacial score (nSPS) is 9.88. The van der Waals surface area contributed by atoms with E-state index in [9.17, 15) is 9.59 Å². The second kappa shape index (κ2) is 5.15. The van der Waals surface area contributed by atoms with E-state index in [2.05, 4.69) is 15.7 Å². The average molecular weight is 225 g/mol. The van der Waals surface area contributed by atoms with Gasteiger partial charge in [-0.3, -0.25) is 14.3 Å².